The van der Waals surface area contributed by atoms with E-state index >= 15 is 0 Å². The molecule has 0 unspecified atom stereocenters. The molecular weight excluding hydrogens is 265 g/mol. The van der Waals surface area contributed by atoms with Gasteiger partial charge in [0.05, 0.1) is 0 Å². The van der Waals surface area contributed by atoms with E-state index in [1.807, 2.05) is 18.2 Å². The smallest absolute Gasteiger partial charge is 1.00 e. The van der Waals surface area contributed by atoms with Gasteiger partial charge < -0.3 is 5.61 Å². The Balaban J connectivity index is 0. The van der Waals surface area contributed by atoms with Gasteiger partial charge in [-0.2, -0.15) is 13.7 Å². The molecule has 0 N–H and O–H groups in total. The van der Waals surface area contributed by atoms with Crippen molar-refractivity contribution in [1.29, 1.82) is 5.26 Å². The maximum absolute atomic E-state index is 11.2. The first-order valence-corrected chi connectivity index (χ1v) is 5.71. The molecule has 6 heteroatoms. The summed E-state index contributed by atoms with van der Waals surface area (Å²) >= 11 is 0. The van der Waals surface area contributed by atoms with Crippen LogP contribution in [0.25, 0.3) is 6.08 Å². The summed E-state index contributed by atoms with van der Waals surface area (Å²) in [6, 6.07) is 10.4. The van der Waals surface area contributed by atoms with Gasteiger partial charge in [-0.25, -0.2) is 0 Å². The first-order chi connectivity index (χ1) is 7.56. The normalized spacial score (nSPS) is 10.3. The van der Waals surface area contributed by atoms with Crippen molar-refractivity contribution >= 4 is 16.2 Å². The zero-order valence-corrected chi connectivity index (χ0v) is 13.3. The van der Waals surface area contributed by atoms with Crippen molar-refractivity contribution in [2.24, 2.45) is 0 Å². The second kappa shape index (κ2) is 7.82. The zero-order chi connectivity index (χ0) is 12.0. The molecule has 0 aliphatic rings. The maximum atomic E-state index is 11.2. The minimum Gasteiger partial charge on any atom is -1.00 e. The summed E-state index contributed by atoms with van der Waals surface area (Å²) in [4.78, 5) is -0.620. The molecule has 0 spiro atoms. The van der Waals surface area contributed by atoms with E-state index in [0.717, 1.165) is 11.8 Å². The molecule has 4 nitrogen and oxygen atoms in total. The molecule has 0 bridgehead atoms. The van der Waals surface area contributed by atoms with Crippen molar-refractivity contribution in [2.45, 2.75) is 0 Å². The number of nitriles is 1. The van der Waals surface area contributed by atoms with Crippen LogP contribution in [-0.4, -0.2) is 8.42 Å². The Kier molecular flexibility index (Phi) is 7.62. The van der Waals surface area contributed by atoms with Crippen LogP contribution in [0.1, 0.15) is 6.99 Å². The Bertz CT molecular complexity index is 549. The van der Waals surface area contributed by atoms with Crippen LogP contribution < -0.4 is 51.4 Å². The number of rotatable bonds is 4. The van der Waals surface area contributed by atoms with Gasteiger partial charge in [0.25, 0.3) is 0 Å². The van der Waals surface area contributed by atoms with Crippen molar-refractivity contribution in [1.82, 2.24) is 0 Å². The zero-order valence-electron chi connectivity index (χ0n) is 10.3. The van der Waals surface area contributed by atoms with Crippen molar-refractivity contribution in [3.8, 4) is 6.07 Å². The van der Waals surface area contributed by atoms with Crippen molar-refractivity contribution in [3.63, 3.8) is 0 Å². The number of hydrogen-bond acceptors (Lipinski definition) is 4. The third kappa shape index (κ3) is 5.63. The van der Waals surface area contributed by atoms with Gasteiger partial charge in [0.1, 0.15) is 12.3 Å². The number of benzene rings is 1. The van der Waals surface area contributed by atoms with E-state index in [2.05, 4.69) is 10.8 Å². The molecule has 0 amide bonds. The molecule has 0 heterocycles. The summed E-state index contributed by atoms with van der Waals surface area (Å²) in [5, 5.41) is 8.35. The minimum atomic E-state index is -4.02. The summed E-state index contributed by atoms with van der Waals surface area (Å²) in [6.45, 7) is 3.06. The fourth-order valence-corrected chi connectivity index (χ4v) is 1.29. The minimum absolute atomic E-state index is 0. The van der Waals surface area contributed by atoms with Crippen LogP contribution in [0, 0.1) is 11.3 Å². The van der Waals surface area contributed by atoms with Gasteiger partial charge in [0.2, 0.25) is 0 Å². The molecule has 84 valence electrons. The molecule has 0 aliphatic heterocycles. The van der Waals surface area contributed by atoms with Crippen LogP contribution in [0.4, 0.5) is 0 Å². The summed E-state index contributed by atoms with van der Waals surface area (Å²) in [5.74, 6) is 0. The van der Waals surface area contributed by atoms with Crippen LogP contribution in [0.3, 0.4) is 0 Å². The molecule has 0 atom stereocenters. The summed E-state index contributed by atoms with van der Waals surface area (Å²) in [5.41, 5.74) is 0.792. The second-order valence-corrected chi connectivity index (χ2v) is 4.39. The number of allylic oxidation sites excluding steroid dienone is 1. The molecule has 0 saturated carbocycles. The van der Waals surface area contributed by atoms with Gasteiger partial charge in [0.15, 0.2) is 4.91 Å². The largest absolute Gasteiger partial charge is 1.00 e. The van der Waals surface area contributed by atoms with Gasteiger partial charge in [-0.15, -0.1) is 0 Å². The van der Waals surface area contributed by atoms with E-state index in [1.165, 1.54) is 12.1 Å². The molecule has 17 heavy (non-hydrogen) atoms. The summed E-state index contributed by atoms with van der Waals surface area (Å²) in [6.07, 6.45) is 2.48. The predicted molar refractivity (Wildman–Crippen MR) is 61.3 cm³/mol. The maximum Gasteiger partial charge on any atom is 1.00 e. The summed E-state index contributed by atoms with van der Waals surface area (Å²) < 4.78 is 26.8. The van der Waals surface area contributed by atoms with Crippen molar-refractivity contribution < 1.29 is 65.4 Å². The van der Waals surface area contributed by atoms with E-state index in [4.69, 9.17) is 5.26 Å². The first kappa shape index (κ1) is 16.6. The predicted octanol–water partition coefficient (Wildman–Crippen LogP) is -0.843. The first-order valence-electron chi connectivity index (χ1n) is 4.30. The standard InChI is InChI=1S/C11H9NO3S.K.H/c1-10(9-12)16(13,14)15-8-7-11-5-3-2-4-6-11;;/h2-8H,1H2;;/q;+1;-1. The third-order valence-corrected chi connectivity index (χ3v) is 2.73. The topological polar surface area (TPSA) is 67.2 Å². The van der Waals surface area contributed by atoms with Gasteiger partial charge in [0, 0.05) is 0 Å². The average molecular weight is 275 g/mol. The van der Waals surface area contributed by atoms with E-state index < -0.39 is 15.0 Å². The Labute approximate surface area is 145 Å². The Morgan fingerprint density at radius 2 is 2.00 bits per heavy atom. The Morgan fingerprint density at radius 3 is 2.53 bits per heavy atom. The molecule has 0 radical (unpaired) electrons. The molecule has 0 saturated heterocycles. The van der Waals surface area contributed by atoms with Gasteiger partial charge in [-0.1, -0.05) is 36.9 Å². The van der Waals surface area contributed by atoms with E-state index in [1.54, 1.807) is 12.1 Å². The number of nitrogens with zero attached hydrogens (tertiary/aromatic N) is 1. The fraction of sp³-hybridized carbons (Fsp3) is 0. The SMILES string of the molecule is C=C(C#N)S(=O)(=O)OC=Cc1ccccc1.[H-].[K+]. The molecule has 1 aromatic carbocycles. The molecule has 0 aliphatic carbocycles. The second-order valence-electron chi connectivity index (χ2n) is 2.80. The van der Waals surface area contributed by atoms with Crippen LogP contribution >= 0.6 is 0 Å². The van der Waals surface area contributed by atoms with E-state index in [0.29, 0.717) is 0 Å². The van der Waals surface area contributed by atoms with Gasteiger partial charge >= 0.3 is 61.5 Å². The Morgan fingerprint density at radius 1 is 1.41 bits per heavy atom. The number of hydrogen-bond donors (Lipinski definition) is 0. The average Bonchev–Trinajstić information content (AvgIpc) is 2.29. The molecular formula is C11H10KNO3S. The van der Waals surface area contributed by atoms with Gasteiger partial charge in [-0.3, -0.25) is 0 Å². The summed E-state index contributed by atoms with van der Waals surface area (Å²) in [7, 11) is -4.02. The fourth-order valence-electron chi connectivity index (χ4n) is 0.858. The Hall–Kier alpha value is -0.424. The quantitative estimate of drug-likeness (QED) is 0.311. The molecule has 1 aromatic rings. The van der Waals surface area contributed by atoms with Crippen LogP contribution in [0.2, 0.25) is 0 Å². The monoisotopic (exact) mass is 275 g/mol. The van der Waals surface area contributed by atoms with Gasteiger partial charge in [-0.05, 0) is 11.6 Å². The van der Waals surface area contributed by atoms with Crippen molar-refractivity contribution in [3.05, 3.63) is 53.6 Å². The van der Waals surface area contributed by atoms with E-state index in [-0.39, 0.29) is 52.8 Å². The van der Waals surface area contributed by atoms with Crippen LogP contribution in [-0.2, 0) is 14.3 Å². The van der Waals surface area contributed by atoms with E-state index in [9.17, 15) is 8.42 Å². The van der Waals surface area contributed by atoms with Crippen LogP contribution in [0.15, 0.2) is 48.1 Å². The van der Waals surface area contributed by atoms with Crippen molar-refractivity contribution in [2.75, 3.05) is 0 Å². The third-order valence-electron chi connectivity index (χ3n) is 1.67. The molecule has 0 fully saturated rings. The molecule has 0 aromatic heterocycles. The van der Waals surface area contributed by atoms with Crippen LogP contribution in [0.5, 0.6) is 0 Å². The molecule has 1 rings (SSSR count).